The van der Waals surface area contributed by atoms with E-state index in [1.165, 1.54) is 33.3 Å². The number of hydrogen-bond acceptors (Lipinski definition) is 4. The lowest BCUT2D eigenvalue weighted by Gasteiger charge is -2.30. The van der Waals surface area contributed by atoms with E-state index in [2.05, 4.69) is 71.8 Å². The van der Waals surface area contributed by atoms with Crippen molar-refractivity contribution in [2.24, 2.45) is 0 Å². The number of aromatic nitrogens is 1. The molecule has 31 heavy (non-hydrogen) atoms. The van der Waals surface area contributed by atoms with Gasteiger partial charge in [-0.25, -0.2) is 9.59 Å². The van der Waals surface area contributed by atoms with Crippen LogP contribution in [0.4, 0.5) is 0 Å². The Labute approximate surface area is 181 Å². The minimum absolute atomic E-state index is 0.362. The summed E-state index contributed by atoms with van der Waals surface area (Å²) in [7, 11) is 0. The Bertz CT molecular complexity index is 1080. The summed E-state index contributed by atoms with van der Waals surface area (Å²) in [5, 5.41) is 26.8. The summed E-state index contributed by atoms with van der Waals surface area (Å²) < 4.78 is 2.27. The maximum absolute atomic E-state index is 10.7. The van der Waals surface area contributed by atoms with Gasteiger partial charge in [0.25, 0.3) is 0 Å². The molecular formula is C24H28N2O5. The Morgan fingerprint density at radius 2 is 1.55 bits per heavy atom. The molecule has 0 aliphatic carbocycles. The van der Waals surface area contributed by atoms with Crippen molar-refractivity contribution in [3.05, 3.63) is 70.9 Å². The molecule has 164 valence electrons. The Morgan fingerprint density at radius 3 is 2.23 bits per heavy atom. The first-order valence-corrected chi connectivity index (χ1v) is 10.3. The molecule has 1 aliphatic heterocycles. The molecule has 1 atom stereocenters. The zero-order valence-electron chi connectivity index (χ0n) is 17.8. The van der Waals surface area contributed by atoms with E-state index in [0.29, 0.717) is 6.54 Å². The molecule has 0 fully saturated rings. The highest BCUT2D eigenvalue weighted by atomic mass is 16.4. The van der Waals surface area contributed by atoms with Crippen molar-refractivity contribution in [2.45, 2.75) is 39.5 Å². The average Bonchev–Trinajstić information content (AvgIpc) is 2.99. The van der Waals surface area contributed by atoms with Crippen LogP contribution >= 0.6 is 0 Å². The van der Waals surface area contributed by atoms with E-state index in [9.17, 15) is 5.11 Å². The van der Waals surface area contributed by atoms with Gasteiger partial charge < -0.3 is 19.9 Å². The molecular weight excluding hydrogens is 396 g/mol. The number of carboxylic acid groups (broad SMARTS) is 2. The molecule has 0 amide bonds. The largest absolute Gasteiger partial charge is 0.473 e. The highest BCUT2D eigenvalue weighted by molar-refractivity contribution is 6.27. The number of para-hydroxylation sites is 1. The van der Waals surface area contributed by atoms with Crippen LogP contribution in [0.1, 0.15) is 22.4 Å². The molecule has 0 spiro atoms. The van der Waals surface area contributed by atoms with Gasteiger partial charge in [0, 0.05) is 36.2 Å². The van der Waals surface area contributed by atoms with Crippen LogP contribution in [-0.2, 0) is 29.1 Å². The summed E-state index contributed by atoms with van der Waals surface area (Å²) in [6.45, 7) is 7.66. The molecule has 0 saturated carbocycles. The van der Waals surface area contributed by atoms with Crippen LogP contribution < -0.4 is 0 Å². The summed E-state index contributed by atoms with van der Waals surface area (Å²) in [4.78, 5) is 20.6. The first-order chi connectivity index (χ1) is 14.8. The predicted molar refractivity (Wildman–Crippen MR) is 118 cm³/mol. The van der Waals surface area contributed by atoms with E-state index < -0.39 is 11.9 Å². The first kappa shape index (κ1) is 22.5. The maximum Gasteiger partial charge on any atom is 0.414 e. The number of nitrogens with zero attached hydrogens (tertiary/aromatic N) is 2. The van der Waals surface area contributed by atoms with Crippen LogP contribution in [-0.4, -0.2) is 55.9 Å². The van der Waals surface area contributed by atoms with Crippen LogP contribution in [0.15, 0.2) is 48.5 Å². The first-order valence-electron chi connectivity index (χ1n) is 10.3. The van der Waals surface area contributed by atoms with Gasteiger partial charge in [0.05, 0.1) is 12.6 Å². The van der Waals surface area contributed by atoms with Gasteiger partial charge in [-0.1, -0.05) is 42.5 Å². The van der Waals surface area contributed by atoms with Gasteiger partial charge >= 0.3 is 11.9 Å². The van der Waals surface area contributed by atoms with Crippen LogP contribution in [0.2, 0.25) is 0 Å². The fraction of sp³-hybridized carbons (Fsp3) is 0.333. The molecule has 4 rings (SSSR count). The molecule has 1 aromatic heterocycles. The Balaban J connectivity index is 0.000000401. The number of fused-ring (bicyclic) bond motifs is 2. The molecule has 7 nitrogen and oxygen atoms in total. The van der Waals surface area contributed by atoms with Crippen LogP contribution in [0.5, 0.6) is 0 Å². The highest BCUT2D eigenvalue weighted by Crippen LogP contribution is 2.25. The molecule has 3 N–H and O–H groups in total. The molecule has 0 saturated heterocycles. The van der Waals surface area contributed by atoms with Crippen molar-refractivity contribution in [1.29, 1.82) is 0 Å². The van der Waals surface area contributed by atoms with Gasteiger partial charge in [-0.15, -0.1) is 0 Å². The van der Waals surface area contributed by atoms with E-state index in [1.54, 1.807) is 0 Å². The molecule has 0 radical (unpaired) electrons. The van der Waals surface area contributed by atoms with Crippen molar-refractivity contribution in [2.75, 3.05) is 13.1 Å². The minimum Gasteiger partial charge on any atom is -0.473 e. The van der Waals surface area contributed by atoms with Gasteiger partial charge in [-0.05, 0) is 43.0 Å². The number of hydrogen-bond donors (Lipinski definition) is 3. The summed E-state index contributed by atoms with van der Waals surface area (Å²) in [6, 6.07) is 17.1. The second-order valence-electron chi connectivity index (χ2n) is 7.86. The summed E-state index contributed by atoms with van der Waals surface area (Å²) in [6.07, 6.45) is 0.715. The molecule has 1 aliphatic rings. The van der Waals surface area contributed by atoms with E-state index in [-0.39, 0.29) is 6.10 Å². The van der Waals surface area contributed by atoms with Gasteiger partial charge in [0.1, 0.15) is 0 Å². The highest BCUT2D eigenvalue weighted by Gasteiger charge is 2.20. The standard InChI is InChI=1S/C22H26N2O.C2H2O4/c1-16-17(2)24(22-10-6-5-9-21(16)22)15-20(25)14-23-12-11-18-7-3-4-8-19(18)13-23;3-1(4)2(5)6/h3-10,20,25H,11-15H2,1-2H3;(H,3,4)(H,5,6). The number of aliphatic hydroxyl groups is 1. The third-order valence-corrected chi connectivity index (χ3v) is 5.80. The Morgan fingerprint density at radius 1 is 0.935 bits per heavy atom. The second kappa shape index (κ2) is 9.76. The van der Waals surface area contributed by atoms with Crippen molar-refractivity contribution in [3.63, 3.8) is 0 Å². The van der Waals surface area contributed by atoms with Crippen LogP contribution in [0.25, 0.3) is 10.9 Å². The van der Waals surface area contributed by atoms with Gasteiger partial charge in [0.15, 0.2) is 0 Å². The van der Waals surface area contributed by atoms with Gasteiger partial charge in [-0.2, -0.15) is 0 Å². The normalized spacial score (nSPS) is 14.4. The number of aliphatic hydroxyl groups excluding tert-OH is 1. The SMILES string of the molecule is Cc1c(C)n(CC(O)CN2CCc3ccccc3C2)c2ccccc12.O=C(O)C(=O)O. The van der Waals surface area contributed by atoms with E-state index >= 15 is 0 Å². The fourth-order valence-electron chi connectivity index (χ4n) is 4.12. The zero-order chi connectivity index (χ0) is 22.5. The number of aryl methyl sites for hydroxylation is 1. The third-order valence-electron chi connectivity index (χ3n) is 5.80. The number of carboxylic acids is 2. The topological polar surface area (TPSA) is 103 Å². The lowest BCUT2D eigenvalue weighted by Crippen LogP contribution is -2.38. The lowest BCUT2D eigenvalue weighted by molar-refractivity contribution is -0.159. The monoisotopic (exact) mass is 424 g/mol. The van der Waals surface area contributed by atoms with E-state index in [0.717, 1.165) is 26.1 Å². The van der Waals surface area contributed by atoms with Crippen molar-refractivity contribution < 1.29 is 24.9 Å². The van der Waals surface area contributed by atoms with Crippen LogP contribution in [0.3, 0.4) is 0 Å². The number of rotatable bonds is 4. The van der Waals surface area contributed by atoms with Gasteiger partial charge in [0.2, 0.25) is 0 Å². The smallest absolute Gasteiger partial charge is 0.414 e. The Kier molecular flexibility index (Phi) is 7.09. The molecule has 1 unspecified atom stereocenters. The molecule has 0 bridgehead atoms. The molecule has 3 aromatic rings. The molecule has 2 aromatic carbocycles. The Hall–Kier alpha value is -3.16. The predicted octanol–water partition coefficient (Wildman–Crippen LogP) is 2.83. The second-order valence-corrected chi connectivity index (χ2v) is 7.86. The summed E-state index contributed by atoms with van der Waals surface area (Å²) in [5.41, 5.74) is 6.65. The summed E-state index contributed by atoms with van der Waals surface area (Å²) in [5.74, 6) is -3.65. The van der Waals surface area contributed by atoms with Crippen molar-refractivity contribution in [1.82, 2.24) is 9.47 Å². The zero-order valence-corrected chi connectivity index (χ0v) is 17.8. The molecule has 2 heterocycles. The minimum atomic E-state index is -1.82. The third kappa shape index (κ3) is 5.31. The van der Waals surface area contributed by atoms with E-state index in [4.69, 9.17) is 19.8 Å². The fourth-order valence-corrected chi connectivity index (χ4v) is 4.12. The van der Waals surface area contributed by atoms with E-state index in [1.807, 2.05) is 0 Å². The quantitative estimate of drug-likeness (QED) is 0.557. The van der Waals surface area contributed by atoms with Crippen molar-refractivity contribution in [3.8, 4) is 0 Å². The number of aliphatic carboxylic acids is 2. The number of benzene rings is 2. The van der Waals surface area contributed by atoms with Crippen LogP contribution in [0, 0.1) is 13.8 Å². The van der Waals surface area contributed by atoms with Gasteiger partial charge in [-0.3, -0.25) is 4.90 Å². The maximum atomic E-state index is 10.7. The number of β-amino-alcohol motifs (C(OH)–C–C–N with tert-alkyl or cyclic N) is 1. The lowest BCUT2D eigenvalue weighted by atomic mass is 10.00. The average molecular weight is 424 g/mol. The van der Waals surface area contributed by atoms with Crippen molar-refractivity contribution >= 4 is 22.8 Å². The summed E-state index contributed by atoms with van der Waals surface area (Å²) >= 11 is 0. The molecule has 7 heteroatoms. The number of carbonyl (C=O) groups is 2.